The molecule has 4 nitrogen and oxygen atoms in total. The molecule has 0 saturated heterocycles. The number of oxazole rings is 1. The highest BCUT2D eigenvalue weighted by atomic mass is 32.1. The summed E-state index contributed by atoms with van der Waals surface area (Å²) in [7, 11) is 1.88. The molecule has 0 spiro atoms. The van der Waals surface area contributed by atoms with Crippen LogP contribution >= 0.6 is 11.3 Å². The van der Waals surface area contributed by atoms with Crippen LogP contribution in [-0.2, 0) is 0 Å². The normalized spacial score (nSPS) is 13.0. The van der Waals surface area contributed by atoms with Crippen molar-refractivity contribution in [3.63, 3.8) is 0 Å². The molecule has 0 bridgehead atoms. The van der Waals surface area contributed by atoms with Gasteiger partial charge in [0.05, 0.1) is 17.2 Å². The Hall–Kier alpha value is -1.20. The molecule has 0 aliphatic rings. The van der Waals surface area contributed by atoms with E-state index in [1.165, 1.54) is 0 Å². The van der Waals surface area contributed by atoms with E-state index in [9.17, 15) is 0 Å². The monoisotopic (exact) mass is 223 g/mol. The first-order valence-corrected chi connectivity index (χ1v) is 5.64. The van der Waals surface area contributed by atoms with Crippen molar-refractivity contribution in [1.29, 1.82) is 0 Å². The third-order valence-electron chi connectivity index (χ3n) is 2.20. The molecule has 15 heavy (non-hydrogen) atoms. The predicted octanol–water partition coefficient (Wildman–Crippen LogP) is 2.39. The second-order valence-corrected chi connectivity index (χ2v) is 4.39. The van der Waals surface area contributed by atoms with E-state index in [0.29, 0.717) is 5.89 Å². The van der Waals surface area contributed by atoms with Crippen molar-refractivity contribution in [2.75, 3.05) is 7.05 Å². The fraction of sp³-hybridized carbons (Fsp3) is 0.400. The number of nitrogens with one attached hydrogen (secondary N) is 1. The zero-order valence-electron chi connectivity index (χ0n) is 8.94. The second kappa shape index (κ2) is 4.12. The number of nitrogens with zero attached hydrogens (tertiary/aromatic N) is 2. The van der Waals surface area contributed by atoms with Crippen LogP contribution in [0.1, 0.15) is 23.9 Å². The molecule has 5 heteroatoms. The molecule has 0 fully saturated rings. The van der Waals surface area contributed by atoms with Crippen LogP contribution < -0.4 is 5.32 Å². The summed E-state index contributed by atoms with van der Waals surface area (Å²) in [5.74, 6) is 1.43. The molecule has 1 N–H and O–H groups in total. The quantitative estimate of drug-likeness (QED) is 0.868. The summed E-state index contributed by atoms with van der Waals surface area (Å²) in [6.45, 7) is 3.98. The van der Waals surface area contributed by atoms with Crippen LogP contribution in [0.3, 0.4) is 0 Å². The van der Waals surface area contributed by atoms with Gasteiger partial charge >= 0.3 is 0 Å². The average Bonchev–Trinajstić information content (AvgIpc) is 2.84. The van der Waals surface area contributed by atoms with Gasteiger partial charge in [0.2, 0.25) is 5.89 Å². The molecular weight excluding hydrogens is 210 g/mol. The number of rotatable bonds is 3. The molecule has 0 radical (unpaired) electrons. The van der Waals surface area contributed by atoms with E-state index in [0.717, 1.165) is 16.5 Å². The number of hydrogen-bond acceptors (Lipinski definition) is 5. The Labute approximate surface area is 92.4 Å². The first kappa shape index (κ1) is 10.3. The van der Waals surface area contributed by atoms with Crippen LogP contribution in [0.2, 0.25) is 0 Å². The van der Waals surface area contributed by atoms with Crippen LogP contribution in [0.4, 0.5) is 0 Å². The maximum Gasteiger partial charge on any atom is 0.211 e. The molecule has 2 aromatic heterocycles. The van der Waals surface area contributed by atoms with Crippen molar-refractivity contribution >= 4 is 11.3 Å². The van der Waals surface area contributed by atoms with Gasteiger partial charge in [-0.25, -0.2) is 9.97 Å². The van der Waals surface area contributed by atoms with Crippen molar-refractivity contribution in [2.24, 2.45) is 0 Å². The van der Waals surface area contributed by atoms with Gasteiger partial charge in [-0.05, 0) is 20.9 Å². The number of hydrogen-bond donors (Lipinski definition) is 1. The first-order chi connectivity index (χ1) is 7.20. The zero-order chi connectivity index (χ0) is 10.8. The molecule has 2 heterocycles. The van der Waals surface area contributed by atoms with E-state index in [2.05, 4.69) is 15.3 Å². The van der Waals surface area contributed by atoms with Gasteiger partial charge in [-0.2, -0.15) is 0 Å². The molecule has 0 aliphatic carbocycles. The molecule has 2 rings (SSSR count). The Bertz CT molecular complexity index is 449. The summed E-state index contributed by atoms with van der Waals surface area (Å²) >= 11 is 1.61. The standard InChI is InChI=1S/C10H13N3OS/c1-6(11-3)10-12-4-9(14-10)8-5-15-7(2)13-8/h4-6,11H,1-3H3. The van der Waals surface area contributed by atoms with Gasteiger partial charge in [0.25, 0.3) is 0 Å². The second-order valence-electron chi connectivity index (χ2n) is 3.32. The summed E-state index contributed by atoms with van der Waals surface area (Å²) in [5, 5.41) is 6.09. The lowest BCUT2D eigenvalue weighted by molar-refractivity contribution is 0.440. The first-order valence-electron chi connectivity index (χ1n) is 4.76. The van der Waals surface area contributed by atoms with Crippen molar-refractivity contribution in [3.8, 4) is 11.5 Å². The molecule has 80 valence electrons. The molecular formula is C10H13N3OS. The molecule has 2 aromatic rings. The smallest absolute Gasteiger partial charge is 0.211 e. The van der Waals surface area contributed by atoms with Gasteiger partial charge in [0.1, 0.15) is 5.69 Å². The minimum Gasteiger partial charge on any atom is -0.437 e. The fourth-order valence-electron chi connectivity index (χ4n) is 1.21. The summed E-state index contributed by atoms with van der Waals surface area (Å²) < 4.78 is 5.61. The van der Waals surface area contributed by atoms with Crippen LogP contribution in [0.25, 0.3) is 11.5 Å². The van der Waals surface area contributed by atoms with E-state index in [1.54, 1.807) is 17.5 Å². The number of aromatic nitrogens is 2. The van der Waals surface area contributed by atoms with Crippen LogP contribution in [0, 0.1) is 6.92 Å². The van der Waals surface area contributed by atoms with Gasteiger partial charge in [-0.1, -0.05) is 0 Å². The predicted molar refractivity (Wildman–Crippen MR) is 59.8 cm³/mol. The summed E-state index contributed by atoms with van der Waals surface area (Å²) in [4.78, 5) is 8.55. The lowest BCUT2D eigenvalue weighted by Gasteiger charge is -2.03. The van der Waals surface area contributed by atoms with E-state index in [1.807, 2.05) is 26.3 Å². The summed E-state index contributed by atoms with van der Waals surface area (Å²) in [6.07, 6.45) is 1.72. The van der Waals surface area contributed by atoms with Gasteiger partial charge in [0, 0.05) is 5.38 Å². The highest BCUT2D eigenvalue weighted by Gasteiger charge is 2.12. The van der Waals surface area contributed by atoms with Gasteiger partial charge in [-0.15, -0.1) is 11.3 Å². The maximum absolute atomic E-state index is 5.61. The lowest BCUT2D eigenvalue weighted by atomic mass is 10.3. The molecule has 0 amide bonds. The van der Waals surface area contributed by atoms with Crippen molar-refractivity contribution < 1.29 is 4.42 Å². The van der Waals surface area contributed by atoms with Crippen molar-refractivity contribution in [3.05, 3.63) is 22.5 Å². The minimum absolute atomic E-state index is 0.124. The van der Waals surface area contributed by atoms with E-state index >= 15 is 0 Å². The highest BCUT2D eigenvalue weighted by molar-refractivity contribution is 7.09. The Kier molecular flexibility index (Phi) is 2.83. The largest absolute Gasteiger partial charge is 0.437 e. The maximum atomic E-state index is 5.61. The lowest BCUT2D eigenvalue weighted by Crippen LogP contribution is -2.12. The van der Waals surface area contributed by atoms with E-state index < -0.39 is 0 Å². The minimum atomic E-state index is 0.124. The SMILES string of the molecule is CNC(C)c1ncc(-c2csc(C)n2)o1. The fourth-order valence-corrected chi connectivity index (χ4v) is 1.81. The molecule has 0 aromatic carbocycles. The Morgan fingerprint density at radius 1 is 1.53 bits per heavy atom. The molecule has 1 unspecified atom stereocenters. The molecule has 0 aliphatic heterocycles. The van der Waals surface area contributed by atoms with Crippen LogP contribution in [-0.4, -0.2) is 17.0 Å². The van der Waals surface area contributed by atoms with E-state index in [-0.39, 0.29) is 6.04 Å². The third-order valence-corrected chi connectivity index (χ3v) is 2.97. The van der Waals surface area contributed by atoms with Gasteiger partial charge in [0.15, 0.2) is 5.76 Å². The van der Waals surface area contributed by atoms with E-state index in [4.69, 9.17) is 4.42 Å². The third kappa shape index (κ3) is 2.08. The Balaban J connectivity index is 2.27. The Morgan fingerprint density at radius 2 is 2.33 bits per heavy atom. The van der Waals surface area contributed by atoms with Gasteiger partial charge < -0.3 is 9.73 Å². The summed E-state index contributed by atoms with van der Waals surface area (Å²) in [5.41, 5.74) is 0.861. The molecule has 1 atom stereocenters. The van der Waals surface area contributed by atoms with Crippen LogP contribution in [0.5, 0.6) is 0 Å². The number of aryl methyl sites for hydroxylation is 1. The zero-order valence-corrected chi connectivity index (χ0v) is 9.76. The Morgan fingerprint density at radius 3 is 2.93 bits per heavy atom. The average molecular weight is 223 g/mol. The summed E-state index contributed by atoms with van der Waals surface area (Å²) in [6, 6.07) is 0.124. The highest BCUT2D eigenvalue weighted by Crippen LogP contribution is 2.24. The molecule has 0 saturated carbocycles. The van der Waals surface area contributed by atoms with Crippen LogP contribution in [0.15, 0.2) is 16.0 Å². The van der Waals surface area contributed by atoms with Gasteiger partial charge in [-0.3, -0.25) is 0 Å². The van der Waals surface area contributed by atoms with Crippen molar-refractivity contribution in [1.82, 2.24) is 15.3 Å². The van der Waals surface area contributed by atoms with Crippen molar-refractivity contribution in [2.45, 2.75) is 19.9 Å². The number of thiazole rings is 1. The topological polar surface area (TPSA) is 51.0 Å².